The van der Waals surface area contributed by atoms with Gasteiger partial charge in [0.1, 0.15) is 11.2 Å². The maximum atomic E-state index is 12.8. The molecular weight excluding hydrogens is 1230 g/mol. The molecular formula is C64H74F9N15O5. The van der Waals surface area contributed by atoms with Gasteiger partial charge in [0.2, 0.25) is 17.5 Å². The minimum absolute atomic E-state index is 0.219. The fraction of sp³-hybridized carbons (Fsp3) is 0.359. The molecule has 0 unspecified atom stereocenters. The minimum atomic E-state index is -4.36. The van der Waals surface area contributed by atoms with Crippen LogP contribution in [0.3, 0.4) is 0 Å². The Morgan fingerprint density at radius 1 is 0.527 bits per heavy atom. The fourth-order valence-electron chi connectivity index (χ4n) is 8.13. The first-order valence-corrected chi connectivity index (χ1v) is 29.1. The highest BCUT2D eigenvalue weighted by Crippen LogP contribution is 2.33. The predicted octanol–water partition coefficient (Wildman–Crippen LogP) is 11.9. The summed E-state index contributed by atoms with van der Waals surface area (Å²) in [6, 6.07) is 37.9. The van der Waals surface area contributed by atoms with Crippen molar-refractivity contribution in [2.45, 2.75) is 123 Å². The topological polar surface area (TPSA) is 279 Å². The number of rotatable bonds is 19. The van der Waals surface area contributed by atoms with Crippen molar-refractivity contribution in [2.75, 3.05) is 26.2 Å². The number of tetrazole rings is 3. The molecule has 0 radical (unpaired) electrons. The molecule has 0 saturated heterocycles. The van der Waals surface area contributed by atoms with Crippen LogP contribution in [0.2, 0.25) is 0 Å². The van der Waals surface area contributed by atoms with Gasteiger partial charge in [-0.15, -0.1) is 30.6 Å². The van der Waals surface area contributed by atoms with E-state index in [0.717, 1.165) is 99.3 Å². The van der Waals surface area contributed by atoms with Crippen LogP contribution in [0.15, 0.2) is 146 Å². The van der Waals surface area contributed by atoms with E-state index in [1.54, 1.807) is 20.8 Å². The molecule has 93 heavy (non-hydrogen) atoms. The molecule has 0 atom stereocenters. The number of carbonyl (C=O) groups excluding carboxylic acids is 2. The molecule has 0 aliphatic rings. The Labute approximate surface area is 531 Å². The van der Waals surface area contributed by atoms with Crippen molar-refractivity contribution < 1.29 is 63.7 Å². The number of aromatic nitrogens is 12. The number of H-pyrrole nitrogens is 1. The first-order valence-electron chi connectivity index (χ1n) is 29.1. The molecule has 9 aromatic rings. The molecule has 6 aromatic carbocycles. The van der Waals surface area contributed by atoms with Crippen LogP contribution in [-0.4, -0.2) is 116 Å². The summed E-state index contributed by atoms with van der Waals surface area (Å²) < 4.78 is 124. The SMILES string of the molecule is CC(C)(C)OC(=O)NCCCn1nnc(-c2ccccc2Cc2ccc(C(F)(F)F)cc2)n1.CC(C)(C)OC=O.FC(F)(F)c1ccc(Cc2ccccc2-c2nn[nH]n2)cc1.NCCCO.NCCCn1nnc(-c2ccccc2Cc2ccc(C(F)(F)F)cc2)n1. The highest BCUT2D eigenvalue weighted by atomic mass is 19.4. The van der Waals surface area contributed by atoms with Gasteiger partial charge in [0.25, 0.3) is 6.47 Å². The lowest BCUT2D eigenvalue weighted by Crippen LogP contribution is -2.33. The van der Waals surface area contributed by atoms with Gasteiger partial charge in [-0.1, -0.05) is 109 Å². The van der Waals surface area contributed by atoms with E-state index in [2.05, 4.69) is 61.5 Å². The second-order valence-electron chi connectivity index (χ2n) is 22.4. The average Bonchev–Trinajstić information content (AvgIpc) is 1.85. The number of aryl methyl sites for hydroxylation is 2. The molecule has 7 N–H and O–H groups in total. The quantitative estimate of drug-likeness (QED) is 0.0286. The Kier molecular flexibility index (Phi) is 28.2. The highest BCUT2D eigenvalue weighted by Gasteiger charge is 2.32. The Balaban J connectivity index is 0.000000235. The van der Waals surface area contributed by atoms with Crippen molar-refractivity contribution in [3.63, 3.8) is 0 Å². The number of alkyl halides is 9. The second-order valence-corrected chi connectivity index (χ2v) is 22.4. The number of hydrogen-bond acceptors (Lipinski definition) is 16. The van der Waals surface area contributed by atoms with Crippen molar-refractivity contribution in [1.29, 1.82) is 0 Å². The lowest BCUT2D eigenvalue weighted by Gasteiger charge is -2.19. The molecule has 0 bridgehead atoms. The third-order valence-electron chi connectivity index (χ3n) is 12.6. The Bertz CT molecular complexity index is 3640. The molecule has 0 aliphatic carbocycles. The second kappa shape index (κ2) is 35.4. The third-order valence-corrected chi connectivity index (χ3v) is 12.6. The summed E-state index contributed by atoms with van der Waals surface area (Å²) >= 11 is 0. The summed E-state index contributed by atoms with van der Waals surface area (Å²) in [7, 11) is 0. The number of aromatic amines is 1. The summed E-state index contributed by atoms with van der Waals surface area (Å²) in [6.45, 7) is 14.1. The smallest absolute Gasteiger partial charge is 0.416 e. The molecule has 1 amide bonds. The molecule has 3 aromatic heterocycles. The minimum Gasteiger partial charge on any atom is -0.462 e. The van der Waals surface area contributed by atoms with Gasteiger partial charge < -0.3 is 31.4 Å². The number of nitrogens with two attached hydrogens (primary N) is 2. The van der Waals surface area contributed by atoms with Crippen molar-refractivity contribution in [2.24, 2.45) is 11.5 Å². The molecule has 9 rings (SSSR count). The van der Waals surface area contributed by atoms with E-state index >= 15 is 0 Å². The first-order chi connectivity index (χ1) is 44.0. The van der Waals surface area contributed by atoms with Gasteiger partial charge in [-0.2, -0.15) is 54.3 Å². The number of benzene rings is 6. The number of amides is 1. The van der Waals surface area contributed by atoms with E-state index in [4.69, 9.17) is 21.3 Å². The van der Waals surface area contributed by atoms with E-state index in [1.165, 1.54) is 46.0 Å². The third kappa shape index (κ3) is 26.3. The van der Waals surface area contributed by atoms with Crippen molar-refractivity contribution in [1.82, 2.24) is 66.4 Å². The van der Waals surface area contributed by atoms with Gasteiger partial charge in [0.15, 0.2) is 0 Å². The molecule has 0 aliphatic heterocycles. The number of hydrogen-bond donors (Lipinski definition) is 5. The van der Waals surface area contributed by atoms with Crippen LogP contribution in [0, 0.1) is 0 Å². The number of nitrogens with one attached hydrogen (secondary N) is 2. The molecule has 498 valence electrons. The highest BCUT2D eigenvalue weighted by molar-refractivity contribution is 5.67. The lowest BCUT2D eigenvalue weighted by atomic mass is 9.98. The average molecular weight is 1300 g/mol. The van der Waals surface area contributed by atoms with Gasteiger partial charge in [-0.05, 0) is 179 Å². The first kappa shape index (κ1) is 74.2. The van der Waals surface area contributed by atoms with Crippen LogP contribution < -0.4 is 16.8 Å². The van der Waals surface area contributed by atoms with Crippen molar-refractivity contribution >= 4 is 12.6 Å². The molecule has 29 heteroatoms. The monoisotopic (exact) mass is 1300 g/mol. The van der Waals surface area contributed by atoms with E-state index < -0.39 is 46.9 Å². The number of aliphatic hydroxyl groups is 1. The zero-order valence-electron chi connectivity index (χ0n) is 52.0. The molecule has 0 saturated carbocycles. The number of halogens is 9. The predicted molar refractivity (Wildman–Crippen MR) is 329 cm³/mol. The fourth-order valence-corrected chi connectivity index (χ4v) is 8.13. The Morgan fingerprint density at radius 2 is 0.903 bits per heavy atom. The molecule has 0 spiro atoms. The van der Waals surface area contributed by atoms with E-state index in [-0.39, 0.29) is 12.2 Å². The van der Waals surface area contributed by atoms with E-state index in [9.17, 15) is 49.1 Å². The standard InChI is InChI=1S/C23H26F3N5O2.C18H18F3N5.C15H11F3N4.C5H10O2.C3H9NO/c1-22(2,3)33-21(32)27-13-6-14-31-29-20(28-30-31)19-8-5-4-7-17(19)15-16-9-11-18(12-10-16)23(24,25)26;19-18(20,21)15-8-6-13(7-9-15)12-14-4-1-2-5-16(14)17-23-25-26(24-17)11-3-10-22;16-15(17,18)12-7-5-10(6-8-12)9-11-3-1-2-4-13(11)14-19-21-22-20-14;1-5(2,3)7-4-6;4-2-1-3-5/h4-5,7-12H,6,13-15H2,1-3H3,(H,27,32);1-2,4-9H,3,10-12,22H2;1-8H,9H2,(H,19,20,21,22);4H,1-3H3;5H,1-4H2. The number of carbonyl (C=O) groups is 2. The number of aliphatic hydroxyl groups excluding tert-OH is 1. The van der Waals surface area contributed by atoms with Gasteiger partial charge in [0, 0.05) is 29.8 Å². The van der Waals surface area contributed by atoms with Gasteiger partial charge in [-0.25, -0.2) is 4.79 Å². The summed E-state index contributed by atoms with van der Waals surface area (Å²) in [4.78, 5) is 24.2. The molecule has 20 nitrogen and oxygen atoms in total. The summed E-state index contributed by atoms with van der Waals surface area (Å²) in [5.41, 5.74) is 15.0. The zero-order chi connectivity index (χ0) is 68.2. The maximum Gasteiger partial charge on any atom is 0.416 e. The van der Waals surface area contributed by atoms with Gasteiger partial charge in [0.05, 0.1) is 29.8 Å². The number of alkyl carbamates (subject to hydrolysis) is 1. The van der Waals surface area contributed by atoms with Gasteiger partial charge in [-0.3, -0.25) is 4.79 Å². The van der Waals surface area contributed by atoms with E-state index in [0.29, 0.717) is 82.4 Å². The molecule has 3 heterocycles. The van der Waals surface area contributed by atoms with Crippen LogP contribution >= 0.6 is 0 Å². The largest absolute Gasteiger partial charge is 0.462 e. The summed E-state index contributed by atoms with van der Waals surface area (Å²) in [6.07, 6.45) is -10.0. The number of nitrogens with zero attached hydrogens (tertiary/aromatic N) is 11. The normalized spacial score (nSPS) is 11.5. The summed E-state index contributed by atoms with van der Waals surface area (Å²) in [5.74, 6) is 1.38. The Morgan fingerprint density at radius 3 is 1.20 bits per heavy atom. The Hall–Kier alpha value is -9.48. The summed E-state index contributed by atoms with van der Waals surface area (Å²) in [5, 5.41) is 49.5. The maximum absolute atomic E-state index is 12.8. The zero-order valence-corrected chi connectivity index (χ0v) is 52.0. The van der Waals surface area contributed by atoms with E-state index in [1.807, 2.05) is 93.6 Å². The van der Waals surface area contributed by atoms with Crippen molar-refractivity contribution in [3.8, 4) is 34.2 Å². The van der Waals surface area contributed by atoms with Crippen LogP contribution in [0.25, 0.3) is 34.2 Å². The number of ether oxygens (including phenoxy) is 2. The lowest BCUT2D eigenvalue weighted by molar-refractivity contribution is -0.139. The van der Waals surface area contributed by atoms with Crippen LogP contribution in [0.4, 0.5) is 44.3 Å². The van der Waals surface area contributed by atoms with Gasteiger partial charge >= 0.3 is 24.6 Å². The van der Waals surface area contributed by atoms with Crippen LogP contribution in [-0.2, 0) is 65.1 Å². The van der Waals surface area contributed by atoms with Crippen molar-refractivity contribution in [3.05, 3.63) is 196 Å². The van der Waals surface area contributed by atoms with Crippen LogP contribution in [0.5, 0.6) is 0 Å². The van der Waals surface area contributed by atoms with Crippen LogP contribution in [0.1, 0.15) is 111 Å². The molecule has 0 fully saturated rings.